The summed E-state index contributed by atoms with van der Waals surface area (Å²) >= 11 is 7.20. The third-order valence-electron chi connectivity index (χ3n) is 8.00. The normalized spacial score (nSPS) is 17.0. The summed E-state index contributed by atoms with van der Waals surface area (Å²) in [4.78, 5) is 0. The van der Waals surface area contributed by atoms with Crippen molar-refractivity contribution in [2.75, 3.05) is 5.33 Å². The Hall–Kier alpha value is -3.62. The number of allylic oxidation sites excluding steroid dienone is 9. The van der Waals surface area contributed by atoms with Crippen LogP contribution in [0.2, 0.25) is 0 Å². The second-order valence-corrected chi connectivity index (χ2v) is 11.6. The second-order valence-electron chi connectivity index (χ2n) is 10.5. The summed E-state index contributed by atoms with van der Waals surface area (Å²) < 4.78 is 85.8. The van der Waals surface area contributed by atoms with Gasteiger partial charge in [0.15, 0.2) is 34.9 Å². The van der Waals surface area contributed by atoms with Gasteiger partial charge >= 0.3 is 0 Å². The van der Waals surface area contributed by atoms with E-state index in [0.717, 1.165) is 62.9 Å². The van der Waals surface area contributed by atoms with Crippen LogP contribution in [0.25, 0.3) is 28.0 Å². The molecular weight excluding hydrogens is 706 g/mol. The third kappa shape index (κ3) is 5.43. The minimum absolute atomic E-state index is 0.0254. The molecule has 0 N–H and O–H groups in total. The number of alkyl halides is 2. The summed E-state index contributed by atoms with van der Waals surface area (Å²) in [5.74, 6) is -8.58. The molecule has 0 aromatic heterocycles. The Morgan fingerprint density at radius 1 is 0.773 bits per heavy atom. The van der Waals surface area contributed by atoms with Gasteiger partial charge in [-0.1, -0.05) is 86.5 Å². The fraction of sp³-hybridized carbons (Fsp3) is 0.111. The van der Waals surface area contributed by atoms with Crippen LogP contribution in [0.3, 0.4) is 0 Å². The van der Waals surface area contributed by atoms with E-state index in [0.29, 0.717) is 27.4 Å². The largest absolute Gasteiger partial charge is 0.204 e. The minimum atomic E-state index is -1.54. The predicted molar refractivity (Wildman–Crippen MR) is 171 cm³/mol. The molecule has 222 valence electrons. The summed E-state index contributed by atoms with van der Waals surface area (Å²) in [6.07, 6.45) is 5.94. The Kier molecular flexibility index (Phi) is 8.57. The summed E-state index contributed by atoms with van der Waals surface area (Å²) in [5.41, 5.74) is 5.83. The van der Waals surface area contributed by atoms with Crippen LogP contribution < -0.4 is 0 Å². The van der Waals surface area contributed by atoms with Crippen LogP contribution >= 0.6 is 31.9 Å². The fourth-order valence-electron chi connectivity index (χ4n) is 5.96. The lowest BCUT2D eigenvalue weighted by molar-refractivity contribution is 0.447. The highest BCUT2D eigenvalue weighted by molar-refractivity contribution is 9.09. The van der Waals surface area contributed by atoms with Crippen LogP contribution in [0, 0.1) is 17.5 Å². The van der Waals surface area contributed by atoms with Gasteiger partial charge in [0.05, 0.1) is 0 Å². The fourth-order valence-corrected chi connectivity index (χ4v) is 7.05. The topological polar surface area (TPSA) is 0 Å². The summed E-state index contributed by atoms with van der Waals surface area (Å²) in [5, 5.41) is 2.36. The second kappa shape index (κ2) is 12.4. The van der Waals surface area contributed by atoms with E-state index in [1.54, 1.807) is 0 Å². The van der Waals surface area contributed by atoms with Gasteiger partial charge in [-0.2, -0.15) is 0 Å². The SMILES string of the molecule is FC1=CCC(C2=Cc3ccccc3C(c3c(CBr)c(-c4cc(F)c(F)c(F)c4)cc4ccccc34)C=C2CBr)=CC(F)=C1F. The average molecular weight is 728 g/mol. The van der Waals surface area contributed by atoms with E-state index in [1.807, 2.05) is 66.7 Å². The Morgan fingerprint density at radius 3 is 2.20 bits per heavy atom. The first-order valence-electron chi connectivity index (χ1n) is 13.7. The van der Waals surface area contributed by atoms with Crippen molar-refractivity contribution in [2.45, 2.75) is 17.7 Å². The number of benzene rings is 4. The van der Waals surface area contributed by atoms with E-state index in [2.05, 4.69) is 31.9 Å². The van der Waals surface area contributed by atoms with Crippen molar-refractivity contribution in [3.05, 3.63) is 159 Å². The van der Waals surface area contributed by atoms with E-state index in [1.165, 1.54) is 0 Å². The molecule has 0 bridgehead atoms. The molecule has 2 aliphatic carbocycles. The molecule has 4 aromatic rings. The molecule has 0 saturated heterocycles. The van der Waals surface area contributed by atoms with Crippen LogP contribution in [-0.2, 0) is 5.33 Å². The average Bonchev–Trinajstić information content (AvgIpc) is 3.27. The molecule has 8 heteroatoms. The van der Waals surface area contributed by atoms with E-state index >= 15 is 0 Å². The molecule has 0 heterocycles. The van der Waals surface area contributed by atoms with Gasteiger partial charge in [0.25, 0.3) is 0 Å². The van der Waals surface area contributed by atoms with Gasteiger partial charge in [0, 0.05) is 16.6 Å². The molecule has 0 radical (unpaired) electrons. The molecule has 44 heavy (non-hydrogen) atoms. The van der Waals surface area contributed by atoms with Crippen LogP contribution in [-0.4, -0.2) is 5.33 Å². The van der Waals surface area contributed by atoms with Crippen LogP contribution in [0.4, 0.5) is 26.3 Å². The lowest BCUT2D eigenvalue weighted by atomic mass is 9.80. The maximum absolute atomic E-state index is 14.6. The Morgan fingerprint density at radius 2 is 1.48 bits per heavy atom. The Labute approximate surface area is 267 Å². The lowest BCUT2D eigenvalue weighted by Crippen LogP contribution is -2.07. The molecule has 6 rings (SSSR count). The van der Waals surface area contributed by atoms with Crippen molar-refractivity contribution in [3.63, 3.8) is 0 Å². The highest BCUT2D eigenvalue weighted by Crippen LogP contribution is 2.46. The van der Waals surface area contributed by atoms with Gasteiger partial charge in [-0.25, -0.2) is 26.3 Å². The van der Waals surface area contributed by atoms with Crippen LogP contribution in [0.1, 0.15) is 34.6 Å². The number of fused-ring (bicyclic) bond motifs is 2. The van der Waals surface area contributed by atoms with Crippen molar-refractivity contribution in [2.24, 2.45) is 0 Å². The first-order valence-corrected chi connectivity index (χ1v) is 15.9. The zero-order valence-electron chi connectivity index (χ0n) is 22.9. The minimum Gasteiger partial charge on any atom is -0.204 e. The number of hydrogen-bond acceptors (Lipinski definition) is 0. The highest BCUT2D eigenvalue weighted by atomic mass is 79.9. The van der Waals surface area contributed by atoms with Crippen LogP contribution in [0.15, 0.2) is 119 Å². The third-order valence-corrected chi connectivity index (χ3v) is 9.16. The maximum Gasteiger partial charge on any atom is 0.194 e. The molecule has 2 aliphatic rings. The smallest absolute Gasteiger partial charge is 0.194 e. The highest BCUT2D eigenvalue weighted by Gasteiger charge is 2.28. The molecule has 0 fully saturated rings. The summed E-state index contributed by atoms with van der Waals surface area (Å²) in [7, 11) is 0. The maximum atomic E-state index is 14.6. The zero-order valence-corrected chi connectivity index (χ0v) is 26.1. The molecule has 1 unspecified atom stereocenters. The van der Waals surface area contributed by atoms with Gasteiger partial charge < -0.3 is 0 Å². The Bertz CT molecular complexity index is 1960. The van der Waals surface area contributed by atoms with Crippen molar-refractivity contribution < 1.29 is 26.3 Å². The molecule has 4 aromatic carbocycles. The quantitative estimate of drug-likeness (QED) is 0.109. The predicted octanol–water partition coefficient (Wildman–Crippen LogP) is 12.0. The molecule has 0 saturated carbocycles. The zero-order chi connectivity index (χ0) is 31.1. The molecule has 0 amide bonds. The van der Waals surface area contributed by atoms with Crippen LogP contribution in [0.5, 0.6) is 0 Å². The van der Waals surface area contributed by atoms with E-state index < -0.39 is 40.9 Å². The number of hydrogen-bond donors (Lipinski definition) is 0. The Balaban J connectivity index is 1.65. The van der Waals surface area contributed by atoms with Crippen molar-refractivity contribution in [3.8, 4) is 11.1 Å². The first kappa shape index (κ1) is 30.4. The van der Waals surface area contributed by atoms with Gasteiger partial charge in [0.2, 0.25) is 0 Å². The lowest BCUT2D eigenvalue weighted by Gasteiger charge is -2.24. The van der Waals surface area contributed by atoms with E-state index in [-0.39, 0.29) is 12.0 Å². The van der Waals surface area contributed by atoms with E-state index in [9.17, 15) is 26.3 Å². The van der Waals surface area contributed by atoms with Gasteiger partial charge in [-0.3, -0.25) is 0 Å². The monoisotopic (exact) mass is 726 g/mol. The molecule has 0 aliphatic heterocycles. The summed E-state index contributed by atoms with van der Waals surface area (Å²) in [6, 6.07) is 19.1. The van der Waals surface area contributed by atoms with Gasteiger partial charge in [-0.15, -0.1) is 0 Å². The van der Waals surface area contributed by atoms with Crippen molar-refractivity contribution in [1.29, 1.82) is 0 Å². The van der Waals surface area contributed by atoms with Crippen molar-refractivity contribution in [1.82, 2.24) is 0 Å². The molecular formula is C36H22Br2F6. The molecule has 0 nitrogen and oxygen atoms in total. The molecule has 0 spiro atoms. The first-order chi connectivity index (χ1) is 21.2. The summed E-state index contributed by atoms with van der Waals surface area (Å²) in [6.45, 7) is 0. The number of rotatable bonds is 5. The number of halogens is 8. The van der Waals surface area contributed by atoms with Gasteiger partial charge in [-0.05, 0) is 104 Å². The van der Waals surface area contributed by atoms with Crippen molar-refractivity contribution >= 4 is 48.7 Å². The van der Waals surface area contributed by atoms with Gasteiger partial charge in [0.1, 0.15) is 0 Å². The van der Waals surface area contributed by atoms with E-state index in [4.69, 9.17) is 0 Å². The molecule has 1 atom stereocenters. The standard InChI is InChI=1S/C36H22Br2F6/c37-17-23-13-28(24-7-3-1-5-19(24)11-26(23)21-9-10-30(39)35(43)31(40)14-21)34-25-8-4-2-6-20(25)12-27(29(34)18-38)22-15-32(41)36(44)33(42)16-22/h1-8,10-16,28H,9,17-18H2.